The Labute approximate surface area is 134 Å². The standard InChI is InChI=1S/C18H18O5/c1-21-14-8-4-6-12(10-14)16(19)18(23-3)17(20)13-7-5-9-15(11-13)22-2/h4-11,18H,1-3H3. The van der Waals surface area contributed by atoms with Crippen molar-refractivity contribution in [3.63, 3.8) is 0 Å². The van der Waals surface area contributed by atoms with Crippen LogP contribution < -0.4 is 9.47 Å². The molecule has 0 spiro atoms. The average Bonchev–Trinajstić information content (AvgIpc) is 2.62. The van der Waals surface area contributed by atoms with Crippen LogP contribution in [0.15, 0.2) is 48.5 Å². The predicted molar refractivity (Wildman–Crippen MR) is 85.4 cm³/mol. The highest BCUT2D eigenvalue weighted by atomic mass is 16.5. The average molecular weight is 314 g/mol. The van der Waals surface area contributed by atoms with E-state index in [1.165, 1.54) is 21.3 Å². The minimum atomic E-state index is -1.21. The molecule has 5 nitrogen and oxygen atoms in total. The molecule has 0 aliphatic rings. The van der Waals surface area contributed by atoms with Crippen molar-refractivity contribution in [2.24, 2.45) is 0 Å². The van der Waals surface area contributed by atoms with Crippen molar-refractivity contribution in [1.82, 2.24) is 0 Å². The van der Waals surface area contributed by atoms with Gasteiger partial charge in [-0.25, -0.2) is 0 Å². The Balaban J connectivity index is 2.30. The van der Waals surface area contributed by atoms with Gasteiger partial charge >= 0.3 is 0 Å². The fourth-order valence-corrected chi connectivity index (χ4v) is 2.19. The van der Waals surface area contributed by atoms with Gasteiger partial charge in [0, 0.05) is 18.2 Å². The van der Waals surface area contributed by atoms with Gasteiger partial charge in [-0.05, 0) is 24.3 Å². The van der Waals surface area contributed by atoms with Crippen LogP contribution in [0.3, 0.4) is 0 Å². The van der Waals surface area contributed by atoms with Gasteiger partial charge in [-0.3, -0.25) is 9.59 Å². The zero-order chi connectivity index (χ0) is 16.8. The first-order valence-corrected chi connectivity index (χ1v) is 7.00. The fraction of sp³-hybridized carbons (Fsp3) is 0.222. The normalized spacial score (nSPS) is 10.4. The summed E-state index contributed by atoms with van der Waals surface area (Å²) in [5.41, 5.74) is 0.708. The minimum Gasteiger partial charge on any atom is -0.497 e. The molecule has 2 aromatic carbocycles. The van der Waals surface area contributed by atoms with Gasteiger partial charge in [0.15, 0.2) is 17.7 Å². The van der Waals surface area contributed by atoms with E-state index >= 15 is 0 Å². The molecule has 23 heavy (non-hydrogen) atoms. The monoisotopic (exact) mass is 314 g/mol. The van der Waals surface area contributed by atoms with Crippen LogP contribution in [0.1, 0.15) is 20.7 Å². The van der Waals surface area contributed by atoms with Crippen LogP contribution in [-0.2, 0) is 4.74 Å². The molecule has 0 N–H and O–H groups in total. The Morgan fingerprint density at radius 1 is 0.783 bits per heavy atom. The van der Waals surface area contributed by atoms with Crippen LogP contribution in [0.5, 0.6) is 11.5 Å². The second kappa shape index (κ2) is 7.56. The SMILES string of the molecule is COc1cccc(C(=O)C(OC)C(=O)c2cccc(OC)c2)c1. The number of hydrogen-bond acceptors (Lipinski definition) is 5. The van der Waals surface area contributed by atoms with Crippen molar-refractivity contribution in [1.29, 1.82) is 0 Å². The zero-order valence-corrected chi connectivity index (χ0v) is 13.2. The van der Waals surface area contributed by atoms with E-state index in [0.29, 0.717) is 22.6 Å². The van der Waals surface area contributed by atoms with Gasteiger partial charge in [0.05, 0.1) is 14.2 Å². The van der Waals surface area contributed by atoms with Gasteiger partial charge in [0.2, 0.25) is 0 Å². The number of methoxy groups -OCH3 is 3. The Morgan fingerprint density at radius 2 is 1.22 bits per heavy atom. The molecule has 0 amide bonds. The molecule has 0 atom stereocenters. The summed E-state index contributed by atoms with van der Waals surface area (Å²) in [6.45, 7) is 0. The number of carbonyl (C=O) groups excluding carboxylic acids is 2. The van der Waals surface area contributed by atoms with Gasteiger partial charge < -0.3 is 14.2 Å². The quantitative estimate of drug-likeness (QED) is 0.581. The maximum absolute atomic E-state index is 12.6. The van der Waals surface area contributed by atoms with Crippen LogP contribution in [0, 0.1) is 0 Å². The van der Waals surface area contributed by atoms with Gasteiger partial charge in [0.1, 0.15) is 11.5 Å². The number of ketones is 2. The van der Waals surface area contributed by atoms with Crippen LogP contribution >= 0.6 is 0 Å². The lowest BCUT2D eigenvalue weighted by atomic mass is 9.98. The van der Waals surface area contributed by atoms with E-state index in [-0.39, 0.29) is 0 Å². The molecule has 5 heteroatoms. The van der Waals surface area contributed by atoms with Crippen molar-refractivity contribution >= 4 is 11.6 Å². The van der Waals surface area contributed by atoms with Crippen LogP contribution in [0.25, 0.3) is 0 Å². The minimum absolute atomic E-state index is 0.354. The summed E-state index contributed by atoms with van der Waals surface area (Å²) in [4.78, 5) is 25.2. The third-order valence-electron chi connectivity index (χ3n) is 3.42. The molecule has 0 saturated heterocycles. The third-order valence-corrected chi connectivity index (χ3v) is 3.42. The lowest BCUT2D eigenvalue weighted by Gasteiger charge is -2.14. The molecule has 0 heterocycles. The van der Waals surface area contributed by atoms with Gasteiger partial charge in [-0.1, -0.05) is 24.3 Å². The molecule has 0 aliphatic heterocycles. The van der Waals surface area contributed by atoms with E-state index < -0.39 is 17.7 Å². The molecule has 0 saturated carbocycles. The number of carbonyl (C=O) groups is 2. The third kappa shape index (κ3) is 3.76. The first-order chi connectivity index (χ1) is 11.1. The van der Waals surface area contributed by atoms with Gasteiger partial charge in [-0.15, -0.1) is 0 Å². The number of Topliss-reactive ketones (excluding diaryl/α,β-unsaturated/α-hetero) is 2. The predicted octanol–water partition coefficient (Wildman–Crippen LogP) is 2.78. The highest BCUT2D eigenvalue weighted by Gasteiger charge is 2.28. The lowest BCUT2D eigenvalue weighted by molar-refractivity contribution is 0.0513. The van der Waals surface area contributed by atoms with Gasteiger partial charge in [0.25, 0.3) is 0 Å². The Kier molecular flexibility index (Phi) is 5.49. The number of ether oxygens (including phenoxy) is 3. The van der Waals surface area contributed by atoms with E-state index in [4.69, 9.17) is 14.2 Å². The topological polar surface area (TPSA) is 61.8 Å². The largest absolute Gasteiger partial charge is 0.497 e. The van der Waals surface area contributed by atoms with E-state index in [2.05, 4.69) is 0 Å². The summed E-state index contributed by atoms with van der Waals surface area (Å²) in [5.74, 6) is 0.248. The maximum atomic E-state index is 12.6. The molecule has 2 rings (SSSR count). The first kappa shape index (κ1) is 16.7. The summed E-state index contributed by atoms with van der Waals surface area (Å²) >= 11 is 0. The summed E-state index contributed by atoms with van der Waals surface area (Å²) in [6.07, 6.45) is -1.21. The molecular formula is C18H18O5. The molecule has 2 aromatic rings. The molecule has 0 fully saturated rings. The number of benzene rings is 2. The molecule has 0 bridgehead atoms. The first-order valence-electron chi connectivity index (χ1n) is 7.00. The van der Waals surface area contributed by atoms with Crippen molar-refractivity contribution in [2.45, 2.75) is 6.10 Å². The summed E-state index contributed by atoms with van der Waals surface area (Å²) < 4.78 is 15.3. The lowest BCUT2D eigenvalue weighted by Crippen LogP contribution is -2.32. The van der Waals surface area contributed by atoms with Crippen LogP contribution in [0.2, 0.25) is 0 Å². The molecule has 0 unspecified atom stereocenters. The van der Waals surface area contributed by atoms with Crippen LogP contribution in [-0.4, -0.2) is 39.0 Å². The second-order valence-corrected chi connectivity index (χ2v) is 4.81. The zero-order valence-electron chi connectivity index (χ0n) is 13.2. The molecule has 0 radical (unpaired) electrons. The molecule has 0 aromatic heterocycles. The van der Waals surface area contributed by atoms with E-state index in [9.17, 15) is 9.59 Å². The Morgan fingerprint density at radius 3 is 1.57 bits per heavy atom. The van der Waals surface area contributed by atoms with E-state index in [1.807, 2.05) is 0 Å². The summed E-state index contributed by atoms with van der Waals surface area (Å²) in [6, 6.07) is 13.2. The van der Waals surface area contributed by atoms with Crippen molar-refractivity contribution in [3.05, 3.63) is 59.7 Å². The van der Waals surface area contributed by atoms with Crippen molar-refractivity contribution in [3.8, 4) is 11.5 Å². The highest BCUT2D eigenvalue weighted by molar-refractivity contribution is 6.18. The number of rotatable bonds is 7. The molecule has 120 valence electrons. The van der Waals surface area contributed by atoms with E-state index in [0.717, 1.165) is 0 Å². The molecule has 0 aliphatic carbocycles. The van der Waals surface area contributed by atoms with Crippen molar-refractivity contribution in [2.75, 3.05) is 21.3 Å². The number of hydrogen-bond donors (Lipinski definition) is 0. The Bertz CT molecular complexity index is 649. The smallest absolute Gasteiger partial charge is 0.199 e. The summed E-state index contributed by atoms with van der Waals surface area (Å²) in [7, 11) is 4.36. The van der Waals surface area contributed by atoms with Crippen LogP contribution in [0.4, 0.5) is 0 Å². The van der Waals surface area contributed by atoms with E-state index in [1.54, 1.807) is 48.5 Å². The van der Waals surface area contributed by atoms with Crippen molar-refractivity contribution < 1.29 is 23.8 Å². The van der Waals surface area contributed by atoms with Gasteiger partial charge in [-0.2, -0.15) is 0 Å². The molecular weight excluding hydrogens is 296 g/mol. The Hall–Kier alpha value is -2.66. The maximum Gasteiger partial charge on any atom is 0.199 e. The summed E-state index contributed by atoms with van der Waals surface area (Å²) in [5, 5.41) is 0. The highest BCUT2D eigenvalue weighted by Crippen LogP contribution is 2.19. The fourth-order valence-electron chi connectivity index (χ4n) is 2.19. The second-order valence-electron chi connectivity index (χ2n) is 4.81.